The first kappa shape index (κ1) is 21.3. The zero-order valence-electron chi connectivity index (χ0n) is 18.6. The van der Waals surface area contributed by atoms with Crippen LogP contribution < -0.4 is 15.2 Å². The van der Waals surface area contributed by atoms with Gasteiger partial charge in [0.2, 0.25) is 0 Å². The van der Waals surface area contributed by atoms with Crippen LogP contribution >= 0.6 is 0 Å². The number of nitrogens with zero attached hydrogens (tertiary/aromatic N) is 3. The lowest BCUT2D eigenvalue weighted by Gasteiger charge is -2.22. The van der Waals surface area contributed by atoms with E-state index in [4.69, 9.17) is 4.42 Å². The minimum Gasteiger partial charge on any atom is -0.451 e. The molecular formula is C26H25N3O3. The maximum atomic E-state index is 13.5. The Morgan fingerprint density at radius 1 is 0.969 bits per heavy atom. The number of aryl methyl sites for hydroxylation is 2. The van der Waals surface area contributed by atoms with Crippen molar-refractivity contribution in [2.24, 2.45) is 0 Å². The van der Waals surface area contributed by atoms with Gasteiger partial charge >= 0.3 is 0 Å². The van der Waals surface area contributed by atoms with Crippen molar-refractivity contribution in [2.75, 3.05) is 23.9 Å². The van der Waals surface area contributed by atoms with E-state index in [1.807, 2.05) is 63.2 Å². The molecule has 6 nitrogen and oxygen atoms in total. The highest BCUT2D eigenvalue weighted by Crippen LogP contribution is 2.22. The molecule has 32 heavy (non-hydrogen) atoms. The van der Waals surface area contributed by atoms with Crippen LogP contribution in [0.4, 0.5) is 11.5 Å². The molecule has 0 atom stereocenters. The van der Waals surface area contributed by atoms with Crippen molar-refractivity contribution in [3.8, 4) is 0 Å². The number of hydrogen-bond donors (Lipinski definition) is 0. The smallest absolute Gasteiger partial charge is 0.295 e. The van der Waals surface area contributed by atoms with Crippen LogP contribution in [0, 0.1) is 13.8 Å². The Kier molecular flexibility index (Phi) is 5.77. The lowest BCUT2D eigenvalue weighted by Crippen LogP contribution is -2.31. The van der Waals surface area contributed by atoms with Crippen LogP contribution in [-0.4, -0.2) is 25.0 Å². The molecule has 0 saturated heterocycles. The molecule has 2 aromatic heterocycles. The van der Waals surface area contributed by atoms with Gasteiger partial charge in [0, 0.05) is 32.0 Å². The third kappa shape index (κ3) is 4.25. The molecule has 0 radical (unpaired) electrons. The molecule has 0 aliphatic carbocycles. The summed E-state index contributed by atoms with van der Waals surface area (Å²) in [5.41, 5.74) is 4.15. The molecule has 0 spiro atoms. The molecule has 0 aliphatic heterocycles. The largest absolute Gasteiger partial charge is 0.451 e. The number of benzene rings is 2. The zero-order chi connectivity index (χ0) is 22.8. The van der Waals surface area contributed by atoms with Gasteiger partial charge in [0.05, 0.1) is 11.9 Å². The van der Waals surface area contributed by atoms with E-state index in [2.05, 4.69) is 4.98 Å². The van der Waals surface area contributed by atoms with Gasteiger partial charge in [-0.1, -0.05) is 18.2 Å². The minimum absolute atomic E-state index is 0.0127. The molecule has 0 N–H and O–H groups in total. The van der Waals surface area contributed by atoms with Crippen LogP contribution in [0.3, 0.4) is 0 Å². The van der Waals surface area contributed by atoms with Gasteiger partial charge in [0.15, 0.2) is 11.2 Å². The van der Waals surface area contributed by atoms with E-state index in [-0.39, 0.29) is 17.7 Å². The zero-order valence-corrected chi connectivity index (χ0v) is 18.6. The van der Waals surface area contributed by atoms with Crippen LogP contribution in [0.2, 0.25) is 0 Å². The monoisotopic (exact) mass is 427 g/mol. The average Bonchev–Trinajstić information content (AvgIpc) is 2.79. The first-order chi connectivity index (χ1) is 15.3. The van der Waals surface area contributed by atoms with Gasteiger partial charge in [0.1, 0.15) is 11.4 Å². The third-order valence-corrected chi connectivity index (χ3v) is 5.52. The van der Waals surface area contributed by atoms with Gasteiger partial charge in [-0.05, 0) is 66.9 Å². The Bertz CT molecular complexity index is 1330. The van der Waals surface area contributed by atoms with Gasteiger partial charge in [-0.2, -0.15) is 0 Å². The Labute approximate surface area is 186 Å². The fraction of sp³-hybridized carbons (Fsp3) is 0.192. The van der Waals surface area contributed by atoms with E-state index in [0.29, 0.717) is 16.8 Å². The Hall–Kier alpha value is -3.93. The summed E-state index contributed by atoms with van der Waals surface area (Å²) in [5, 5.41) is 0.466. The standard InChI is InChI=1S/C26H25N3O3/c1-17-13-21-22(30)15-24(32-23(21)14-18(17)2)26(31)29(25-7-5-6-12-27-25)16-19-8-10-20(11-9-19)28(3)4/h5-15H,16H2,1-4H3. The summed E-state index contributed by atoms with van der Waals surface area (Å²) in [5.74, 6) is 0.0518. The lowest BCUT2D eigenvalue weighted by atomic mass is 10.1. The van der Waals surface area contributed by atoms with Gasteiger partial charge in [-0.25, -0.2) is 4.98 Å². The maximum Gasteiger partial charge on any atom is 0.295 e. The second-order valence-electron chi connectivity index (χ2n) is 8.05. The van der Waals surface area contributed by atoms with E-state index in [0.717, 1.165) is 22.4 Å². The number of carbonyl (C=O) groups excluding carboxylic acids is 1. The van der Waals surface area contributed by atoms with Crippen molar-refractivity contribution >= 4 is 28.4 Å². The Morgan fingerprint density at radius 3 is 2.34 bits per heavy atom. The topological polar surface area (TPSA) is 66.7 Å². The van der Waals surface area contributed by atoms with Crippen LogP contribution in [0.1, 0.15) is 27.2 Å². The Balaban J connectivity index is 1.75. The summed E-state index contributed by atoms with van der Waals surface area (Å²) >= 11 is 0. The first-order valence-electron chi connectivity index (χ1n) is 10.4. The predicted octanol–water partition coefficient (Wildman–Crippen LogP) is 4.72. The molecule has 0 unspecified atom stereocenters. The third-order valence-electron chi connectivity index (χ3n) is 5.52. The molecule has 0 saturated carbocycles. The molecule has 6 heteroatoms. The van der Waals surface area contributed by atoms with Crippen molar-refractivity contribution in [2.45, 2.75) is 20.4 Å². The van der Waals surface area contributed by atoms with E-state index in [1.54, 1.807) is 30.5 Å². The highest BCUT2D eigenvalue weighted by molar-refractivity contribution is 6.04. The quantitative estimate of drug-likeness (QED) is 0.461. The molecule has 162 valence electrons. The molecule has 4 rings (SSSR count). The van der Waals surface area contributed by atoms with Gasteiger partial charge < -0.3 is 9.32 Å². The first-order valence-corrected chi connectivity index (χ1v) is 10.4. The normalized spacial score (nSPS) is 10.9. The molecule has 2 heterocycles. The second-order valence-corrected chi connectivity index (χ2v) is 8.05. The second kappa shape index (κ2) is 8.67. The molecule has 4 aromatic rings. The van der Waals surface area contributed by atoms with Crippen LogP contribution in [-0.2, 0) is 6.54 Å². The SMILES string of the molecule is Cc1cc2oc(C(=O)N(Cc3ccc(N(C)C)cc3)c3ccccn3)cc(=O)c2cc1C. The number of amides is 1. The van der Waals surface area contributed by atoms with Crippen molar-refractivity contribution in [1.29, 1.82) is 0 Å². The van der Waals surface area contributed by atoms with Crippen molar-refractivity contribution in [1.82, 2.24) is 4.98 Å². The summed E-state index contributed by atoms with van der Waals surface area (Å²) in [6.45, 7) is 4.18. The number of carbonyl (C=O) groups is 1. The number of rotatable bonds is 5. The van der Waals surface area contributed by atoms with Crippen LogP contribution in [0.25, 0.3) is 11.0 Å². The highest BCUT2D eigenvalue weighted by atomic mass is 16.3. The van der Waals surface area contributed by atoms with E-state index >= 15 is 0 Å². The summed E-state index contributed by atoms with van der Waals surface area (Å²) in [7, 11) is 3.95. The molecule has 0 bridgehead atoms. The molecule has 0 fully saturated rings. The van der Waals surface area contributed by atoms with Crippen LogP contribution in [0.5, 0.6) is 0 Å². The highest BCUT2D eigenvalue weighted by Gasteiger charge is 2.23. The summed E-state index contributed by atoms with van der Waals surface area (Å²) in [6, 6.07) is 18.2. The minimum atomic E-state index is -0.419. The molecule has 2 aromatic carbocycles. The van der Waals surface area contributed by atoms with Gasteiger partial charge in [-0.3, -0.25) is 14.5 Å². The summed E-state index contributed by atoms with van der Waals surface area (Å²) in [4.78, 5) is 34.1. The van der Waals surface area contributed by atoms with Crippen molar-refractivity contribution in [3.63, 3.8) is 0 Å². The predicted molar refractivity (Wildman–Crippen MR) is 127 cm³/mol. The fourth-order valence-electron chi connectivity index (χ4n) is 3.50. The van der Waals surface area contributed by atoms with Crippen molar-refractivity contribution < 1.29 is 9.21 Å². The summed E-state index contributed by atoms with van der Waals surface area (Å²) in [6.07, 6.45) is 1.63. The number of fused-ring (bicyclic) bond motifs is 1. The van der Waals surface area contributed by atoms with E-state index in [1.165, 1.54) is 11.0 Å². The van der Waals surface area contributed by atoms with E-state index in [9.17, 15) is 9.59 Å². The molecule has 0 aliphatic rings. The molecular weight excluding hydrogens is 402 g/mol. The number of hydrogen-bond acceptors (Lipinski definition) is 5. The average molecular weight is 428 g/mol. The molecule has 1 amide bonds. The van der Waals surface area contributed by atoms with Crippen LogP contribution in [0.15, 0.2) is 76.1 Å². The van der Waals surface area contributed by atoms with E-state index < -0.39 is 5.91 Å². The maximum absolute atomic E-state index is 13.5. The lowest BCUT2D eigenvalue weighted by molar-refractivity contribution is 0.0958. The van der Waals surface area contributed by atoms with Crippen molar-refractivity contribution in [3.05, 3.63) is 99.5 Å². The van der Waals surface area contributed by atoms with Gasteiger partial charge in [0.25, 0.3) is 5.91 Å². The summed E-state index contributed by atoms with van der Waals surface area (Å²) < 4.78 is 5.91. The Morgan fingerprint density at radius 2 is 1.69 bits per heavy atom. The fourth-order valence-corrected chi connectivity index (χ4v) is 3.50. The number of anilines is 2. The van der Waals surface area contributed by atoms with Gasteiger partial charge in [-0.15, -0.1) is 0 Å². The number of pyridine rings is 1. The number of aromatic nitrogens is 1.